The summed E-state index contributed by atoms with van der Waals surface area (Å²) >= 11 is 0. The molecule has 0 radical (unpaired) electrons. The van der Waals surface area contributed by atoms with E-state index in [1.54, 1.807) is 19.9 Å². The first-order chi connectivity index (χ1) is 14.3. The Morgan fingerprint density at radius 2 is 1.61 bits per heavy atom. The van der Waals surface area contributed by atoms with E-state index in [2.05, 4.69) is 25.1 Å². The van der Waals surface area contributed by atoms with Crippen molar-refractivity contribution in [3.05, 3.63) is 59.2 Å². The minimum Gasteiger partial charge on any atom is -0.321 e. The van der Waals surface area contributed by atoms with E-state index in [-0.39, 0.29) is 16.5 Å². The third-order valence-electron chi connectivity index (χ3n) is 4.03. The molecule has 1 amide bonds. The number of halogens is 3. The van der Waals surface area contributed by atoms with E-state index in [1.807, 2.05) is 0 Å². The van der Waals surface area contributed by atoms with Crippen molar-refractivity contribution in [1.29, 1.82) is 0 Å². The summed E-state index contributed by atoms with van der Waals surface area (Å²) in [5, 5.41) is 5.93. The van der Waals surface area contributed by atoms with Crippen molar-refractivity contribution in [2.75, 3.05) is 10.0 Å². The Balaban J connectivity index is 1.74. The zero-order chi connectivity index (χ0) is 23.0. The molecule has 0 aliphatic carbocycles. The molecule has 3 aromatic rings. The Labute approximate surface area is 175 Å². The fourth-order valence-corrected chi connectivity index (χ4v) is 3.65. The van der Waals surface area contributed by atoms with Gasteiger partial charge >= 0.3 is 6.18 Å². The molecule has 0 bridgehead atoms. The van der Waals surface area contributed by atoms with Crippen molar-refractivity contribution in [3.8, 4) is 0 Å². The third-order valence-corrected chi connectivity index (χ3v) is 5.38. The van der Waals surface area contributed by atoms with E-state index >= 15 is 0 Å². The Bertz CT molecular complexity index is 1220. The maximum atomic E-state index is 12.8. The van der Waals surface area contributed by atoms with Gasteiger partial charge in [0.05, 0.1) is 4.90 Å². The van der Waals surface area contributed by atoms with Crippen molar-refractivity contribution in [2.45, 2.75) is 24.9 Å². The van der Waals surface area contributed by atoms with Crippen LogP contribution in [0.2, 0.25) is 0 Å². The lowest BCUT2D eigenvalue weighted by Gasteiger charge is -2.09. The lowest BCUT2D eigenvalue weighted by molar-refractivity contribution is -0.143. The zero-order valence-electron chi connectivity index (χ0n) is 16.5. The number of carbonyl (C=O) groups excluding carboxylic acids is 1. The van der Waals surface area contributed by atoms with Gasteiger partial charge in [-0.3, -0.25) is 9.48 Å². The molecule has 0 spiro atoms. The Morgan fingerprint density at radius 3 is 2.13 bits per heavy atom. The summed E-state index contributed by atoms with van der Waals surface area (Å²) in [6.07, 6.45) is -4.65. The number of aryl methyl sites for hydroxylation is 3. The lowest BCUT2D eigenvalue weighted by atomic mass is 10.3. The maximum Gasteiger partial charge on any atom is 0.433 e. The van der Waals surface area contributed by atoms with E-state index in [4.69, 9.17) is 0 Å². The number of nitrogens with one attached hydrogen (secondary N) is 2. The standard InChI is InChI=1S/C18H17F3N6O3S/c1-10-8-11(2)23-17(22-10)26-31(29,30)13-6-4-12(5-7-13)24-16(28)14-9-15(18(19,20)21)27(3)25-14/h4-9H,1-3H3,(H,24,28)(H,22,23,26). The highest BCUT2D eigenvalue weighted by atomic mass is 32.2. The van der Waals surface area contributed by atoms with E-state index in [0.717, 1.165) is 7.05 Å². The number of nitrogens with zero attached hydrogens (tertiary/aromatic N) is 4. The van der Waals surface area contributed by atoms with E-state index < -0.39 is 33.5 Å². The summed E-state index contributed by atoms with van der Waals surface area (Å²) in [5.41, 5.74) is -0.150. The average Bonchev–Trinajstić information content (AvgIpc) is 3.03. The largest absolute Gasteiger partial charge is 0.433 e. The van der Waals surface area contributed by atoms with Gasteiger partial charge in [-0.25, -0.2) is 23.1 Å². The molecular formula is C18H17F3N6O3S. The van der Waals surface area contributed by atoms with E-state index in [1.165, 1.54) is 24.3 Å². The zero-order valence-corrected chi connectivity index (χ0v) is 17.3. The third kappa shape index (κ3) is 5.17. The average molecular weight is 454 g/mol. The second-order valence-electron chi connectivity index (χ2n) is 6.59. The monoisotopic (exact) mass is 454 g/mol. The van der Waals surface area contributed by atoms with Crippen molar-refractivity contribution in [3.63, 3.8) is 0 Å². The van der Waals surface area contributed by atoms with Gasteiger partial charge in [0.2, 0.25) is 5.95 Å². The Kier molecular flexibility index (Phi) is 5.72. The summed E-state index contributed by atoms with van der Waals surface area (Å²) < 4.78 is 66.4. The van der Waals surface area contributed by atoms with Crippen LogP contribution >= 0.6 is 0 Å². The first-order valence-corrected chi connectivity index (χ1v) is 10.2. The van der Waals surface area contributed by atoms with Crippen molar-refractivity contribution < 1.29 is 26.4 Å². The minimum atomic E-state index is -4.65. The Hall–Kier alpha value is -3.48. The number of amides is 1. The Morgan fingerprint density at radius 1 is 1.03 bits per heavy atom. The highest BCUT2D eigenvalue weighted by Crippen LogP contribution is 2.29. The van der Waals surface area contributed by atoms with Gasteiger partial charge in [0.25, 0.3) is 15.9 Å². The lowest BCUT2D eigenvalue weighted by Crippen LogP contribution is -2.16. The van der Waals surface area contributed by atoms with Gasteiger partial charge in [0.1, 0.15) is 5.69 Å². The van der Waals surface area contributed by atoms with Crippen LogP contribution in [0.4, 0.5) is 24.8 Å². The van der Waals surface area contributed by atoms with E-state index in [0.29, 0.717) is 22.1 Å². The molecule has 0 saturated heterocycles. The van der Waals surface area contributed by atoms with Crippen LogP contribution in [0.25, 0.3) is 0 Å². The number of rotatable bonds is 5. The molecule has 164 valence electrons. The van der Waals surface area contributed by atoms with Gasteiger partial charge in [-0.05, 0) is 44.2 Å². The smallest absolute Gasteiger partial charge is 0.321 e. The first-order valence-electron chi connectivity index (χ1n) is 8.73. The molecule has 0 unspecified atom stereocenters. The van der Waals surface area contributed by atoms with Crippen molar-refractivity contribution >= 4 is 27.6 Å². The first kappa shape index (κ1) is 22.2. The molecule has 0 fully saturated rings. The highest BCUT2D eigenvalue weighted by Gasteiger charge is 2.35. The number of aromatic nitrogens is 4. The van der Waals surface area contributed by atoms with Crippen LogP contribution in [0.1, 0.15) is 27.6 Å². The van der Waals surface area contributed by atoms with Crippen LogP contribution in [0.15, 0.2) is 41.3 Å². The fourth-order valence-electron chi connectivity index (χ4n) is 2.71. The van der Waals surface area contributed by atoms with Crippen LogP contribution in [0.3, 0.4) is 0 Å². The molecule has 0 saturated carbocycles. The molecule has 31 heavy (non-hydrogen) atoms. The fraction of sp³-hybridized carbons (Fsp3) is 0.222. The van der Waals surface area contributed by atoms with E-state index in [9.17, 15) is 26.4 Å². The van der Waals surface area contributed by atoms with Gasteiger partial charge in [-0.2, -0.15) is 18.3 Å². The van der Waals surface area contributed by atoms with Crippen molar-refractivity contribution in [2.24, 2.45) is 7.05 Å². The van der Waals surface area contributed by atoms with Crippen LogP contribution in [0.5, 0.6) is 0 Å². The molecular weight excluding hydrogens is 437 g/mol. The summed E-state index contributed by atoms with van der Waals surface area (Å²) in [6.45, 7) is 3.40. The van der Waals surface area contributed by atoms with Gasteiger partial charge in [-0.1, -0.05) is 0 Å². The minimum absolute atomic E-state index is 0.0782. The molecule has 0 atom stereocenters. The van der Waals surface area contributed by atoms with Crippen LogP contribution < -0.4 is 10.0 Å². The maximum absolute atomic E-state index is 12.8. The predicted octanol–water partition coefficient (Wildman–Crippen LogP) is 2.90. The van der Waals surface area contributed by atoms with Gasteiger partial charge in [0.15, 0.2) is 5.69 Å². The van der Waals surface area contributed by atoms with Crippen LogP contribution in [-0.2, 0) is 23.2 Å². The molecule has 13 heteroatoms. The molecule has 1 aromatic carbocycles. The van der Waals surface area contributed by atoms with Crippen molar-refractivity contribution in [1.82, 2.24) is 19.7 Å². The summed E-state index contributed by atoms with van der Waals surface area (Å²) in [6, 6.07) is 7.35. The van der Waals surface area contributed by atoms with Gasteiger partial charge in [0, 0.05) is 30.2 Å². The summed E-state index contributed by atoms with van der Waals surface area (Å²) in [7, 11) is -2.92. The van der Waals surface area contributed by atoms with Crippen LogP contribution in [-0.4, -0.2) is 34.1 Å². The molecule has 3 rings (SSSR count). The number of anilines is 2. The second-order valence-corrected chi connectivity index (χ2v) is 8.28. The highest BCUT2D eigenvalue weighted by molar-refractivity contribution is 7.92. The number of hydrogen-bond acceptors (Lipinski definition) is 6. The van der Waals surface area contributed by atoms with Crippen LogP contribution in [0, 0.1) is 13.8 Å². The number of alkyl halides is 3. The number of benzene rings is 1. The topological polar surface area (TPSA) is 119 Å². The molecule has 2 aromatic heterocycles. The number of carbonyl (C=O) groups is 1. The summed E-state index contributed by atoms with van der Waals surface area (Å²) in [5.74, 6) is -0.950. The SMILES string of the molecule is Cc1cc(C)nc(NS(=O)(=O)c2ccc(NC(=O)c3cc(C(F)(F)F)n(C)n3)cc2)n1. The van der Waals surface area contributed by atoms with Gasteiger partial charge in [-0.15, -0.1) is 0 Å². The molecule has 2 N–H and O–H groups in total. The molecule has 9 nitrogen and oxygen atoms in total. The van der Waals surface area contributed by atoms with Gasteiger partial charge < -0.3 is 5.32 Å². The quantitative estimate of drug-likeness (QED) is 0.612. The summed E-state index contributed by atoms with van der Waals surface area (Å²) in [4.78, 5) is 20.1. The molecule has 0 aliphatic rings. The predicted molar refractivity (Wildman–Crippen MR) is 105 cm³/mol. The molecule has 2 heterocycles. The molecule has 0 aliphatic heterocycles. The number of hydrogen-bond donors (Lipinski definition) is 2. The second kappa shape index (κ2) is 7.98. The normalized spacial score (nSPS) is 11.9. The number of sulfonamides is 1.